The van der Waals surface area contributed by atoms with Crippen LogP contribution < -0.4 is 4.74 Å². The van der Waals surface area contributed by atoms with Crippen molar-refractivity contribution in [1.82, 2.24) is 9.80 Å². The van der Waals surface area contributed by atoms with Crippen molar-refractivity contribution >= 4 is 6.09 Å². The minimum Gasteiger partial charge on any atom is -0.489 e. The summed E-state index contributed by atoms with van der Waals surface area (Å²) < 4.78 is 20.2. The van der Waals surface area contributed by atoms with E-state index in [4.69, 9.17) is 9.84 Å². The molecule has 2 aromatic rings. The second-order valence-corrected chi connectivity index (χ2v) is 7.15. The third kappa shape index (κ3) is 5.45. The Morgan fingerprint density at radius 2 is 1.75 bits per heavy atom. The summed E-state index contributed by atoms with van der Waals surface area (Å²) in [6, 6.07) is 13.2. The molecule has 1 N–H and O–H groups in total. The number of halogens is 1. The smallest absolute Gasteiger partial charge is 0.407 e. The van der Waals surface area contributed by atoms with Crippen LogP contribution in [0.4, 0.5) is 9.18 Å². The molecule has 150 valence electrons. The van der Waals surface area contributed by atoms with Crippen LogP contribution in [-0.4, -0.2) is 47.2 Å². The Balaban J connectivity index is 1.52. The van der Waals surface area contributed by atoms with E-state index in [1.165, 1.54) is 10.5 Å². The van der Waals surface area contributed by atoms with Gasteiger partial charge in [-0.15, -0.1) is 0 Å². The number of hydrogen-bond donors (Lipinski definition) is 1. The zero-order chi connectivity index (χ0) is 19.9. The fourth-order valence-corrected chi connectivity index (χ4v) is 3.36. The van der Waals surface area contributed by atoms with Crippen LogP contribution >= 0.6 is 0 Å². The second kappa shape index (κ2) is 9.55. The molecule has 0 bridgehead atoms. The molecule has 0 spiro atoms. The number of carboxylic acid groups (broad SMARTS) is 1. The Kier molecular flexibility index (Phi) is 6.87. The number of benzene rings is 2. The number of ether oxygens (including phenoxy) is 1. The first-order chi connectivity index (χ1) is 13.5. The summed E-state index contributed by atoms with van der Waals surface area (Å²) in [7, 11) is 0. The summed E-state index contributed by atoms with van der Waals surface area (Å²) in [6.07, 6.45) is 1.27. The number of carbonyl (C=O) groups is 1. The maximum atomic E-state index is 14.5. The third-order valence-electron chi connectivity index (χ3n) is 5.02. The van der Waals surface area contributed by atoms with Crippen molar-refractivity contribution in [2.24, 2.45) is 0 Å². The normalized spacial score (nSPS) is 14.9. The maximum absolute atomic E-state index is 14.5. The van der Waals surface area contributed by atoms with E-state index in [0.29, 0.717) is 38.3 Å². The average molecular weight is 386 g/mol. The monoisotopic (exact) mass is 386 g/mol. The number of piperazine rings is 1. The van der Waals surface area contributed by atoms with E-state index in [1.54, 1.807) is 12.1 Å². The molecule has 2 aromatic carbocycles. The summed E-state index contributed by atoms with van der Waals surface area (Å²) in [5.41, 5.74) is 2.68. The average Bonchev–Trinajstić information content (AvgIpc) is 2.69. The molecule has 0 unspecified atom stereocenters. The van der Waals surface area contributed by atoms with E-state index in [-0.39, 0.29) is 12.4 Å². The van der Waals surface area contributed by atoms with Gasteiger partial charge in [0.1, 0.15) is 18.2 Å². The first kappa shape index (κ1) is 20.1. The molecule has 1 heterocycles. The Morgan fingerprint density at radius 3 is 2.36 bits per heavy atom. The Labute approximate surface area is 165 Å². The van der Waals surface area contributed by atoms with Crippen LogP contribution in [0, 0.1) is 5.82 Å². The molecule has 1 saturated heterocycles. The lowest BCUT2D eigenvalue weighted by Crippen LogP contribution is -2.47. The minimum atomic E-state index is -0.880. The van der Waals surface area contributed by atoms with Crippen LogP contribution in [0.1, 0.15) is 30.0 Å². The van der Waals surface area contributed by atoms with Crippen LogP contribution in [0.15, 0.2) is 42.5 Å². The number of amides is 1. The molecule has 6 heteroatoms. The second-order valence-electron chi connectivity index (χ2n) is 7.15. The topological polar surface area (TPSA) is 53.0 Å². The molecule has 0 saturated carbocycles. The van der Waals surface area contributed by atoms with Crippen LogP contribution in [-0.2, 0) is 19.6 Å². The summed E-state index contributed by atoms with van der Waals surface area (Å²) >= 11 is 0. The van der Waals surface area contributed by atoms with Crippen molar-refractivity contribution < 1.29 is 19.0 Å². The number of hydrogen-bond acceptors (Lipinski definition) is 3. The largest absolute Gasteiger partial charge is 0.489 e. The van der Waals surface area contributed by atoms with Crippen molar-refractivity contribution in [3.8, 4) is 5.75 Å². The first-order valence-corrected chi connectivity index (χ1v) is 9.74. The number of rotatable bonds is 7. The van der Waals surface area contributed by atoms with Gasteiger partial charge in [0, 0.05) is 38.3 Å². The van der Waals surface area contributed by atoms with Gasteiger partial charge >= 0.3 is 6.09 Å². The highest BCUT2D eigenvalue weighted by molar-refractivity contribution is 5.65. The fourth-order valence-electron chi connectivity index (χ4n) is 3.36. The summed E-state index contributed by atoms with van der Waals surface area (Å²) in [5, 5.41) is 9.00. The van der Waals surface area contributed by atoms with E-state index in [0.717, 1.165) is 24.2 Å². The molecule has 1 amide bonds. The lowest BCUT2D eigenvalue weighted by molar-refractivity contribution is 0.103. The molecular weight excluding hydrogens is 359 g/mol. The van der Waals surface area contributed by atoms with Crippen LogP contribution in [0.3, 0.4) is 0 Å². The Morgan fingerprint density at radius 1 is 1.07 bits per heavy atom. The van der Waals surface area contributed by atoms with E-state index in [1.807, 2.05) is 30.3 Å². The van der Waals surface area contributed by atoms with Crippen molar-refractivity contribution in [3.05, 3.63) is 65.0 Å². The van der Waals surface area contributed by atoms with Gasteiger partial charge in [0.05, 0.1) is 0 Å². The van der Waals surface area contributed by atoms with E-state index >= 15 is 0 Å². The quantitative estimate of drug-likeness (QED) is 0.777. The molecule has 5 nitrogen and oxygen atoms in total. The summed E-state index contributed by atoms with van der Waals surface area (Å²) in [5.74, 6) is 0.462. The van der Waals surface area contributed by atoms with Crippen molar-refractivity contribution in [3.63, 3.8) is 0 Å². The SMILES string of the molecule is CCCc1ccc(OCc2ccc(CN3CCN(C(=O)O)CC3)cc2F)cc1. The highest BCUT2D eigenvalue weighted by atomic mass is 19.1. The fraction of sp³-hybridized carbons (Fsp3) is 0.409. The zero-order valence-corrected chi connectivity index (χ0v) is 16.2. The Hall–Kier alpha value is -2.60. The van der Waals surface area contributed by atoms with Gasteiger partial charge in [-0.05, 0) is 35.7 Å². The molecule has 1 aliphatic heterocycles. The maximum Gasteiger partial charge on any atom is 0.407 e. The van der Waals surface area contributed by atoms with Crippen molar-refractivity contribution in [1.29, 1.82) is 0 Å². The van der Waals surface area contributed by atoms with Crippen LogP contribution in [0.5, 0.6) is 5.75 Å². The molecule has 1 aliphatic rings. The zero-order valence-electron chi connectivity index (χ0n) is 16.2. The molecule has 0 radical (unpaired) electrons. The molecule has 0 atom stereocenters. The molecule has 3 rings (SSSR count). The van der Waals surface area contributed by atoms with Crippen LogP contribution in [0.2, 0.25) is 0 Å². The van der Waals surface area contributed by atoms with Crippen molar-refractivity contribution in [2.75, 3.05) is 26.2 Å². The lowest BCUT2D eigenvalue weighted by atomic mass is 10.1. The molecule has 0 aromatic heterocycles. The van der Waals surface area contributed by atoms with E-state index in [2.05, 4.69) is 11.8 Å². The van der Waals surface area contributed by atoms with Crippen LogP contribution in [0.25, 0.3) is 0 Å². The lowest BCUT2D eigenvalue weighted by Gasteiger charge is -2.33. The van der Waals surface area contributed by atoms with Gasteiger partial charge in [-0.1, -0.05) is 37.6 Å². The highest BCUT2D eigenvalue weighted by Crippen LogP contribution is 2.18. The number of aryl methyl sites for hydroxylation is 1. The van der Waals surface area contributed by atoms with E-state index < -0.39 is 6.09 Å². The predicted molar refractivity (Wildman–Crippen MR) is 106 cm³/mol. The Bertz CT molecular complexity index is 787. The standard InChI is InChI=1S/C22H27FN2O3/c1-2-3-17-5-8-20(9-6-17)28-16-19-7-4-18(14-21(19)23)15-24-10-12-25(13-11-24)22(26)27/h4-9,14H,2-3,10-13,15-16H2,1H3,(H,26,27). The van der Waals surface area contributed by atoms with Gasteiger partial charge < -0.3 is 14.7 Å². The summed E-state index contributed by atoms with van der Waals surface area (Å²) in [6.45, 7) is 5.24. The summed E-state index contributed by atoms with van der Waals surface area (Å²) in [4.78, 5) is 14.5. The van der Waals surface area contributed by atoms with Gasteiger partial charge in [0.15, 0.2) is 0 Å². The van der Waals surface area contributed by atoms with Gasteiger partial charge in [0.25, 0.3) is 0 Å². The first-order valence-electron chi connectivity index (χ1n) is 9.74. The van der Waals surface area contributed by atoms with Crippen molar-refractivity contribution in [2.45, 2.75) is 32.9 Å². The van der Waals surface area contributed by atoms with Gasteiger partial charge in [-0.25, -0.2) is 9.18 Å². The van der Waals surface area contributed by atoms with Gasteiger partial charge in [-0.2, -0.15) is 0 Å². The third-order valence-corrected chi connectivity index (χ3v) is 5.02. The molecule has 28 heavy (non-hydrogen) atoms. The van der Waals surface area contributed by atoms with E-state index in [9.17, 15) is 9.18 Å². The molecule has 1 fully saturated rings. The predicted octanol–water partition coefficient (Wildman–Crippen LogP) is 4.15. The number of nitrogens with zero attached hydrogens (tertiary/aromatic N) is 2. The minimum absolute atomic E-state index is 0.191. The van der Waals surface area contributed by atoms with Gasteiger partial charge in [0.2, 0.25) is 0 Å². The van der Waals surface area contributed by atoms with Gasteiger partial charge in [-0.3, -0.25) is 4.90 Å². The highest BCUT2D eigenvalue weighted by Gasteiger charge is 2.20. The molecule has 0 aliphatic carbocycles. The molecular formula is C22H27FN2O3.